The van der Waals surface area contributed by atoms with E-state index in [-0.39, 0.29) is 0 Å². The molecule has 0 radical (unpaired) electrons. The monoisotopic (exact) mass is 1230 g/mol. The van der Waals surface area contributed by atoms with Crippen LogP contribution in [0.4, 0.5) is 0 Å². The first kappa shape index (κ1) is 58.4. The number of hydrogen-bond acceptors (Lipinski definition) is 6. The Morgan fingerprint density at radius 1 is 0.260 bits per heavy atom. The van der Waals surface area contributed by atoms with Gasteiger partial charge in [0, 0.05) is 64.1 Å². The number of fused-ring (bicyclic) bond motifs is 4. The van der Waals surface area contributed by atoms with Gasteiger partial charge in [-0.3, -0.25) is 9.98 Å². The third-order valence-corrected chi connectivity index (χ3v) is 18.1. The lowest BCUT2D eigenvalue weighted by Crippen LogP contribution is -2.01. The topological polar surface area (TPSA) is 76.8 Å². The van der Waals surface area contributed by atoms with E-state index in [1.165, 1.54) is 71.3 Å². The van der Waals surface area contributed by atoms with Crippen molar-refractivity contribution in [2.75, 3.05) is 0 Å². The van der Waals surface area contributed by atoms with Crippen LogP contribution in [0.5, 0.6) is 0 Å². The molecular formula is C90H62N6. The van der Waals surface area contributed by atoms with Crippen LogP contribution in [-0.2, 0) is 0 Å². The second-order valence-corrected chi connectivity index (χ2v) is 24.2. The SMILES string of the molecule is C1=CN=CC(c2ccc(-c3cc(-c4ccc(-c5cccc6ccccc56)cc4)nc(-c4ccc(-c5ccccc5)cc4)n3)cc2)C1.c1ccc(-c2cccc(-c3nc(-c4ccc(-c5cccnc5)cc4)cc(-c4ccc(-c5cc6ccccc6c6ccccc56)cc4)n3)c2)cc1. The first-order valence-electron chi connectivity index (χ1n) is 32.5. The van der Waals surface area contributed by atoms with Crippen molar-refractivity contribution < 1.29 is 0 Å². The van der Waals surface area contributed by atoms with Gasteiger partial charge in [0.1, 0.15) is 0 Å². The van der Waals surface area contributed by atoms with Crippen LogP contribution in [-0.4, -0.2) is 31.1 Å². The van der Waals surface area contributed by atoms with E-state index in [1.807, 2.05) is 36.8 Å². The number of benzene rings is 13. The van der Waals surface area contributed by atoms with E-state index in [0.717, 1.165) is 84.8 Å². The molecule has 6 nitrogen and oxygen atoms in total. The predicted molar refractivity (Wildman–Crippen MR) is 399 cm³/mol. The van der Waals surface area contributed by atoms with Crippen LogP contribution in [0.3, 0.4) is 0 Å². The predicted octanol–water partition coefficient (Wildman–Crippen LogP) is 23.2. The van der Waals surface area contributed by atoms with Gasteiger partial charge in [0.05, 0.1) is 22.8 Å². The number of hydrogen-bond donors (Lipinski definition) is 0. The van der Waals surface area contributed by atoms with Crippen molar-refractivity contribution >= 4 is 38.5 Å². The molecule has 452 valence electrons. The Labute approximate surface area is 558 Å². The molecule has 17 rings (SSSR count). The first-order chi connectivity index (χ1) is 47.5. The molecule has 0 bridgehead atoms. The molecule has 16 aromatic rings. The van der Waals surface area contributed by atoms with Crippen molar-refractivity contribution in [2.45, 2.75) is 12.3 Å². The fourth-order valence-corrected chi connectivity index (χ4v) is 13.0. The number of aliphatic imine (C=N–C) groups is 1. The number of rotatable bonds is 12. The number of aromatic nitrogens is 5. The van der Waals surface area contributed by atoms with Gasteiger partial charge in [-0.05, 0) is 130 Å². The molecule has 0 aliphatic carbocycles. The quantitative estimate of drug-likeness (QED) is 0.114. The molecule has 4 heterocycles. The van der Waals surface area contributed by atoms with Gasteiger partial charge in [0.15, 0.2) is 11.6 Å². The Morgan fingerprint density at radius 3 is 1.28 bits per heavy atom. The number of nitrogens with zero attached hydrogens (tertiary/aromatic N) is 6. The minimum Gasteiger partial charge on any atom is -0.269 e. The minimum absolute atomic E-state index is 0.305. The number of allylic oxidation sites excluding steroid dienone is 1. The fourth-order valence-electron chi connectivity index (χ4n) is 13.0. The van der Waals surface area contributed by atoms with Crippen LogP contribution >= 0.6 is 0 Å². The molecule has 1 atom stereocenters. The summed E-state index contributed by atoms with van der Waals surface area (Å²) >= 11 is 0. The zero-order chi connectivity index (χ0) is 64.0. The third kappa shape index (κ3) is 12.3. The summed E-state index contributed by atoms with van der Waals surface area (Å²) in [5.74, 6) is 1.70. The highest BCUT2D eigenvalue weighted by molar-refractivity contribution is 6.14. The van der Waals surface area contributed by atoms with Gasteiger partial charge in [-0.2, -0.15) is 0 Å². The van der Waals surface area contributed by atoms with E-state index in [1.54, 1.807) is 6.20 Å². The Hall–Kier alpha value is -12.6. The Bertz CT molecular complexity index is 5490. The molecule has 0 fully saturated rings. The van der Waals surface area contributed by atoms with Crippen molar-refractivity contribution in [3.63, 3.8) is 0 Å². The lowest BCUT2D eigenvalue weighted by molar-refractivity contribution is 0.909. The molecular weight excluding hydrogens is 1170 g/mol. The third-order valence-electron chi connectivity index (χ3n) is 18.1. The second-order valence-electron chi connectivity index (χ2n) is 24.2. The van der Waals surface area contributed by atoms with Gasteiger partial charge in [0.2, 0.25) is 0 Å². The van der Waals surface area contributed by atoms with E-state index in [0.29, 0.717) is 17.6 Å². The van der Waals surface area contributed by atoms with Crippen molar-refractivity contribution in [3.8, 4) is 123 Å². The largest absolute Gasteiger partial charge is 0.269 e. The van der Waals surface area contributed by atoms with E-state index < -0.39 is 0 Å². The molecule has 0 N–H and O–H groups in total. The second kappa shape index (κ2) is 26.5. The molecule has 3 aromatic heterocycles. The summed E-state index contributed by atoms with van der Waals surface area (Å²) in [6.45, 7) is 0. The van der Waals surface area contributed by atoms with Crippen LogP contribution in [0.1, 0.15) is 17.9 Å². The van der Waals surface area contributed by atoms with E-state index in [4.69, 9.17) is 19.9 Å². The van der Waals surface area contributed by atoms with Gasteiger partial charge in [-0.1, -0.05) is 303 Å². The van der Waals surface area contributed by atoms with Crippen LogP contribution in [0.15, 0.2) is 357 Å². The molecule has 0 amide bonds. The normalized spacial score (nSPS) is 12.6. The molecule has 96 heavy (non-hydrogen) atoms. The summed E-state index contributed by atoms with van der Waals surface area (Å²) in [6.07, 6.45) is 10.7. The standard InChI is InChI=1S/C47H31N3.C43H31N3/c1-2-10-32(11-3-1)37-13-8-14-39(28-37)47-49-45(35-23-19-33(20-24-35)40-15-9-27-48-31-40)30-46(50-47)36-25-21-34(22-26-36)44-29-38-12-4-5-16-41(38)42-17-6-7-18-43(42)44;1-2-8-30(9-3-1)31-17-25-37(26-18-31)43-45-41(35-21-15-32(16-22-35)38-12-7-27-44-29-38)28-42(46-43)36-23-19-34(20-24-36)40-14-6-11-33-10-4-5-13-39(33)40/h1-31H;1-11,13-29,38H,12H2. The lowest BCUT2D eigenvalue weighted by atomic mass is 9.92. The van der Waals surface area contributed by atoms with Crippen molar-refractivity contribution in [2.24, 2.45) is 4.99 Å². The molecule has 1 aliphatic rings. The van der Waals surface area contributed by atoms with Crippen molar-refractivity contribution in [1.82, 2.24) is 24.9 Å². The zero-order valence-corrected chi connectivity index (χ0v) is 52.5. The van der Waals surface area contributed by atoms with Crippen molar-refractivity contribution in [1.29, 1.82) is 0 Å². The van der Waals surface area contributed by atoms with E-state index in [9.17, 15) is 0 Å². The molecule has 0 saturated carbocycles. The number of pyridine rings is 1. The molecule has 1 unspecified atom stereocenters. The lowest BCUT2D eigenvalue weighted by Gasteiger charge is -2.14. The molecule has 0 saturated heterocycles. The summed E-state index contributed by atoms with van der Waals surface area (Å²) in [4.78, 5) is 29.2. The average Bonchev–Trinajstić information content (AvgIpc) is 0.792. The van der Waals surface area contributed by atoms with Gasteiger partial charge >= 0.3 is 0 Å². The van der Waals surface area contributed by atoms with Gasteiger partial charge in [-0.25, -0.2) is 19.9 Å². The maximum Gasteiger partial charge on any atom is 0.160 e. The molecule has 6 heteroatoms. The Balaban J connectivity index is 0.000000152. The fraction of sp³-hybridized carbons (Fsp3) is 0.0222. The van der Waals surface area contributed by atoms with E-state index >= 15 is 0 Å². The Kier molecular flexibility index (Phi) is 16.1. The van der Waals surface area contributed by atoms with Crippen LogP contribution < -0.4 is 0 Å². The highest BCUT2D eigenvalue weighted by Gasteiger charge is 2.17. The molecule has 1 aliphatic heterocycles. The van der Waals surface area contributed by atoms with Crippen molar-refractivity contribution in [3.05, 3.63) is 358 Å². The highest BCUT2D eigenvalue weighted by atomic mass is 14.9. The summed E-state index contributed by atoms with van der Waals surface area (Å²) in [7, 11) is 0. The van der Waals surface area contributed by atoms with Gasteiger partial charge < -0.3 is 0 Å². The van der Waals surface area contributed by atoms with Crippen LogP contribution in [0.25, 0.3) is 156 Å². The summed E-state index contributed by atoms with van der Waals surface area (Å²) in [6, 6.07) is 116. The van der Waals surface area contributed by atoms with E-state index in [2.05, 4.69) is 325 Å². The maximum absolute atomic E-state index is 5.17. The highest BCUT2D eigenvalue weighted by Crippen LogP contribution is 2.39. The Morgan fingerprint density at radius 2 is 0.688 bits per heavy atom. The van der Waals surface area contributed by atoms with Gasteiger partial charge in [-0.15, -0.1) is 0 Å². The zero-order valence-electron chi connectivity index (χ0n) is 52.5. The van der Waals surface area contributed by atoms with Gasteiger partial charge in [0.25, 0.3) is 0 Å². The summed E-state index contributed by atoms with van der Waals surface area (Å²) < 4.78 is 0. The smallest absolute Gasteiger partial charge is 0.160 e. The molecule has 13 aromatic carbocycles. The molecule has 0 spiro atoms. The van der Waals surface area contributed by atoms with Crippen LogP contribution in [0.2, 0.25) is 0 Å². The van der Waals surface area contributed by atoms with Crippen LogP contribution in [0, 0.1) is 0 Å². The maximum atomic E-state index is 5.17. The summed E-state index contributed by atoms with van der Waals surface area (Å²) in [5, 5.41) is 7.52. The minimum atomic E-state index is 0.305. The first-order valence-corrected chi connectivity index (χ1v) is 32.5. The average molecular weight is 1230 g/mol. The summed E-state index contributed by atoms with van der Waals surface area (Å²) in [5.41, 5.74) is 22.6.